The van der Waals surface area contributed by atoms with Crippen molar-refractivity contribution in [1.29, 1.82) is 0 Å². The van der Waals surface area contributed by atoms with Crippen molar-refractivity contribution in [3.63, 3.8) is 0 Å². The molecule has 0 radical (unpaired) electrons. The van der Waals surface area contributed by atoms with Crippen molar-refractivity contribution in [3.05, 3.63) is 15.0 Å². The molecule has 1 aromatic heterocycles. The van der Waals surface area contributed by atoms with E-state index in [-0.39, 0.29) is 0 Å². The molecule has 0 atom stereocenters. The summed E-state index contributed by atoms with van der Waals surface area (Å²) in [6.45, 7) is 0. The summed E-state index contributed by atoms with van der Waals surface area (Å²) in [5.74, 6) is 0. The van der Waals surface area contributed by atoms with Gasteiger partial charge in [0, 0.05) is 5.38 Å². The first kappa shape index (κ1) is 6.71. The zero-order chi connectivity index (χ0) is 5.98. The summed E-state index contributed by atoms with van der Waals surface area (Å²) in [4.78, 5) is 4.12. The molecule has 1 aromatic rings. The summed E-state index contributed by atoms with van der Waals surface area (Å²) in [7, 11) is 0. The highest BCUT2D eigenvalue weighted by Gasteiger charge is 1.93. The van der Waals surface area contributed by atoms with Crippen molar-refractivity contribution < 1.29 is 0 Å². The Bertz CT molecular complexity index is 174. The van der Waals surface area contributed by atoms with Crippen LogP contribution in [0.15, 0.2) is 9.98 Å². The number of nitrogens with zero attached hydrogens (tertiary/aromatic N) is 1. The van der Waals surface area contributed by atoms with E-state index < -0.39 is 0 Å². The second-order valence-electron chi connectivity index (χ2n) is 1.20. The predicted molar refractivity (Wildman–Crippen MR) is 42.4 cm³/mol. The molecule has 0 aliphatic rings. The van der Waals surface area contributed by atoms with Crippen LogP contribution in [0.4, 0.5) is 0 Å². The third-order valence-electron chi connectivity index (χ3n) is 0.638. The summed E-state index contributed by atoms with van der Waals surface area (Å²) in [5.41, 5.74) is 0. The Hall–Kier alpha value is 0.590. The van der Waals surface area contributed by atoms with Crippen LogP contribution in [0.25, 0.3) is 0 Å². The van der Waals surface area contributed by atoms with Crippen LogP contribution in [0.3, 0.4) is 0 Å². The van der Waals surface area contributed by atoms with Crippen LogP contribution in [0, 0.1) is 0 Å². The number of rotatable bonds is 1. The lowest BCUT2D eigenvalue weighted by Gasteiger charge is -1.77. The van der Waals surface area contributed by atoms with Crippen molar-refractivity contribution in [1.82, 2.24) is 4.98 Å². The molecular weight excluding hydrogens is 254 g/mol. The van der Waals surface area contributed by atoms with Gasteiger partial charge in [0.1, 0.15) is 9.61 Å². The Morgan fingerprint density at radius 2 is 2.50 bits per heavy atom. The van der Waals surface area contributed by atoms with Gasteiger partial charge in [-0.15, -0.1) is 11.3 Å². The largest absolute Gasteiger partial charge is 0.233 e. The zero-order valence-electron chi connectivity index (χ0n) is 3.90. The average molecular weight is 257 g/mol. The Morgan fingerprint density at radius 1 is 1.75 bits per heavy atom. The number of hydrogen-bond acceptors (Lipinski definition) is 2. The first-order valence-electron chi connectivity index (χ1n) is 1.99. The average Bonchev–Trinajstić information content (AvgIpc) is 2.14. The lowest BCUT2D eigenvalue weighted by atomic mass is 10.8. The molecule has 0 aromatic carbocycles. The lowest BCUT2D eigenvalue weighted by Crippen LogP contribution is -1.69. The molecule has 0 amide bonds. The van der Waals surface area contributed by atoms with Gasteiger partial charge in [-0.25, -0.2) is 4.98 Å². The van der Waals surface area contributed by atoms with Crippen molar-refractivity contribution in [2.75, 3.05) is 0 Å². The lowest BCUT2D eigenvalue weighted by molar-refractivity contribution is 1.25. The minimum atomic E-state index is 0.850. The number of aromatic nitrogens is 1. The molecule has 1 nitrogen and oxygen atoms in total. The van der Waals surface area contributed by atoms with E-state index in [4.69, 9.17) is 0 Å². The topological polar surface area (TPSA) is 12.9 Å². The van der Waals surface area contributed by atoms with Gasteiger partial charge < -0.3 is 0 Å². The standard InChI is InChI=1S/C4H3Br2NS/c5-1-4-7-3(6)2-8-4/h2H,1H2. The third kappa shape index (κ3) is 1.53. The molecule has 1 heterocycles. The molecule has 0 unspecified atom stereocenters. The Labute approximate surface area is 68.4 Å². The van der Waals surface area contributed by atoms with Gasteiger partial charge in [-0.2, -0.15) is 0 Å². The van der Waals surface area contributed by atoms with Crippen LogP contribution < -0.4 is 0 Å². The number of halogens is 2. The molecule has 44 valence electrons. The second-order valence-corrected chi connectivity index (χ2v) is 3.51. The fourth-order valence-corrected chi connectivity index (χ4v) is 1.98. The maximum atomic E-state index is 4.12. The van der Waals surface area contributed by atoms with Crippen LogP contribution >= 0.6 is 43.2 Å². The normalized spacial score (nSPS) is 9.75. The summed E-state index contributed by atoms with van der Waals surface area (Å²) >= 11 is 8.19. The van der Waals surface area contributed by atoms with Crippen LogP contribution in [-0.2, 0) is 5.33 Å². The van der Waals surface area contributed by atoms with E-state index in [0.717, 1.165) is 14.9 Å². The molecule has 0 bridgehead atoms. The summed E-state index contributed by atoms with van der Waals surface area (Å²) < 4.78 is 0.928. The van der Waals surface area contributed by atoms with E-state index in [1.807, 2.05) is 5.38 Å². The maximum Gasteiger partial charge on any atom is 0.117 e. The number of hydrogen-bond donors (Lipinski definition) is 0. The smallest absolute Gasteiger partial charge is 0.117 e. The van der Waals surface area contributed by atoms with E-state index in [1.54, 1.807) is 11.3 Å². The highest BCUT2D eigenvalue weighted by atomic mass is 79.9. The van der Waals surface area contributed by atoms with Crippen molar-refractivity contribution in [2.45, 2.75) is 5.33 Å². The van der Waals surface area contributed by atoms with Gasteiger partial charge in [-0.3, -0.25) is 0 Å². The minimum absolute atomic E-state index is 0.850. The summed E-state index contributed by atoms with van der Waals surface area (Å²) in [5, 5.41) is 3.93. The van der Waals surface area contributed by atoms with E-state index in [9.17, 15) is 0 Å². The van der Waals surface area contributed by atoms with E-state index in [2.05, 4.69) is 36.8 Å². The SMILES string of the molecule is BrCc1nc(Br)cs1. The highest BCUT2D eigenvalue weighted by molar-refractivity contribution is 9.10. The molecule has 8 heavy (non-hydrogen) atoms. The monoisotopic (exact) mass is 255 g/mol. The fourth-order valence-electron chi connectivity index (χ4n) is 0.350. The minimum Gasteiger partial charge on any atom is -0.233 e. The number of alkyl halides is 1. The van der Waals surface area contributed by atoms with Gasteiger partial charge in [0.05, 0.1) is 5.33 Å². The van der Waals surface area contributed by atoms with Gasteiger partial charge in [-0.1, -0.05) is 15.9 Å². The van der Waals surface area contributed by atoms with Crippen LogP contribution in [-0.4, -0.2) is 4.98 Å². The van der Waals surface area contributed by atoms with Crippen molar-refractivity contribution in [2.24, 2.45) is 0 Å². The van der Waals surface area contributed by atoms with Gasteiger partial charge in [0.15, 0.2) is 0 Å². The van der Waals surface area contributed by atoms with Crippen LogP contribution in [0.5, 0.6) is 0 Å². The van der Waals surface area contributed by atoms with E-state index >= 15 is 0 Å². The quantitative estimate of drug-likeness (QED) is 0.705. The third-order valence-corrected chi connectivity index (χ3v) is 3.10. The molecule has 4 heteroatoms. The zero-order valence-corrected chi connectivity index (χ0v) is 7.88. The van der Waals surface area contributed by atoms with Crippen molar-refractivity contribution >= 4 is 43.2 Å². The molecule has 0 aliphatic carbocycles. The predicted octanol–water partition coefficient (Wildman–Crippen LogP) is 2.80. The molecule has 0 spiro atoms. The first-order valence-corrected chi connectivity index (χ1v) is 4.78. The second kappa shape index (κ2) is 2.94. The van der Waals surface area contributed by atoms with Gasteiger partial charge in [0.25, 0.3) is 0 Å². The highest BCUT2D eigenvalue weighted by Crippen LogP contribution is 2.16. The van der Waals surface area contributed by atoms with Crippen LogP contribution in [0.2, 0.25) is 0 Å². The van der Waals surface area contributed by atoms with Crippen LogP contribution in [0.1, 0.15) is 5.01 Å². The van der Waals surface area contributed by atoms with Gasteiger partial charge in [-0.05, 0) is 15.9 Å². The van der Waals surface area contributed by atoms with Gasteiger partial charge >= 0.3 is 0 Å². The van der Waals surface area contributed by atoms with Crippen molar-refractivity contribution in [3.8, 4) is 0 Å². The molecule has 0 saturated carbocycles. The molecule has 0 saturated heterocycles. The maximum absolute atomic E-state index is 4.12. The summed E-state index contributed by atoms with van der Waals surface area (Å²) in [6.07, 6.45) is 0. The Balaban J connectivity index is 2.84. The Kier molecular flexibility index (Phi) is 2.46. The number of thiazole rings is 1. The Morgan fingerprint density at radius 3 is 2.75 bits per heavy atom. The molecular formula is C4H3Br2NS. The first-order chi connectivity index (χ1) is 3.83. The van der Waals surface area contributed by atoms with E-state index in [0.29, 0.717) is 0 Å². The van der Waals surface area contributed by atoms with E-state index in [1.165, 1.54) is 0 Å². The molecule has 0 aliphatic heterocycles. The van der Waals surface area contributed by atoms with Gasteiger partial charge in [0.2, 0.25) is 0 Å². The fraction of sp³-hybridized carbons (Fsp3) is 0.250. The molecule has 0 fully saturated rings. The molecule has 1 rings (SSSR count). The molecule has 0 N–H and O–H groups in total. The summed E-state index contributed by atoms with van der Waals surface area (Å²) in [6, 6.07) is 0.